The molecular weight excluding hydrogens is 362 g/mol. The van der Waals surface area contributed by atoms with E-state index >= 15 is 0 Å². The third-order valence-corrected chi connectivity index (χ3v) is 4.93. The van der Waals surface area contributed by atoms with Gasteiger partial charge in [0.1, 0.15) is 0 Å². The highest BCUT2D eigenvalue weighted by Gasteiger charge is 2.28. The van der Waals surface area contributed by atoms with Crippen LogP contribution in [0.15, 0.2) is 30.5 Å². The highest BCUT2D eigenvalue weighted by molar-refractivity contribution is 5.94. The minimum Gasteiger partial charge on any atom is -0.481 e. The van der Waals surface area contributed by atoms with E-state index in [1.165, 1.54) is 22.8 Å². The number of likely N-dealkylation sites (N-methyl/N-ethyl adjacent to an activating group) is 1. The molecule has 0 saturated carbocycles. The summed E-state index contributed by atoms with van der Waals surface area (Å²) in [7, 11) is 1.54. The number of hydrogen-bond donors (Lipinski definition) is 1. The summed E-state index contributed by atoms with van der Waals surface area (Å²) < 4.78 is 1.51. The molecule has 0 radical (unpaired) electrons. The number of carboxylic acids is 1. The van der Waals surface area contributed by atoms with Crippen molar-refractivity contribution in [1.82, 2.24) is 24.8 Å². The summed E-state index contributed by atoms with van der Waals surface area (Å²) in [5.41, 5.74) is 2.06. The fourth-order valence-electron chi connectivity index (χ4n) is 3.13. The number of aliphatic carboxylic acids is 1. The van der Waals surface area contributed by atoms with Gasteiger partial charge in [0.15, 0.2) is 5.69 Å². The molecule has 28 heavy (non-hydrogen) atoms. The molecule has 2 heterocycles. The number of piperidine rings is 1. The predicted octanol–water partition coefficient (Wildman–Crippen LogP) is 0.971. The van der Waals surface area contributed by atoms with Gasteiger partial charge in [-0.15, -0.1) is 5.10 Å². The normalized spacial score (nSPS) is 14.7. The minimum absolute atomic E-state index is 0.0893. The van der Waals surface area contributed by atoms with Crippen LogP contribution in [0.4, 0.5) is 0 Å². The number of aryl methyl sites for hydroxylation is 1. The van der Waals surface area contributed by atoms with Crippen molar-refractivity contribution in [2.75, 3.05) is 26.7 Å². The number of rotatable bonds is 5. The number of amides is 2. The van der Waals surface area contributed by atoms with Gasteiger partial charge in [-0.3, -0.25) is 14.4 Å². The van der Waals surface area contributed by atoms with Gasteiger partial charge >= 0.3 is 5.97 Å². The van der Waals surface area contributed by atoms with Gasteiger partial charge in [-0.1, -0.05) is 22.9 Å². The molecule has 0 bridgehead atoms. The van der Waals surface area contributed by atoms with Crippen LogP contribution in [0.2, 0.25) is 0 Å². The van der Waals surface area contributed by atoms with Crippen LogP contribution < -0.4 is 0 Å². The largest absolute Gasteiger partial charge is 0.481 e. The summed E-state index contributed by atoms with van der Waals surface area (Å²) in [4.78, 5) is 38.9. The number of hydrogen-bond acceptors (Lipinski definition) is 5. The molecule has 0 unspecified atom stereocenters. The third kappa shape index (κ3) is 4.36. The molecule has 1 aromatic carbocycles. The fourth-order valence-corrected chi connectivity index (χ4v) is 3.13. The lowest BCUT2D eigenvalue weighted by atomic mass is 9.97. The van der Waals surface area contributed by atoms with Crippen molar-refractivity contribution in [3.05, 3.63) is 41.7 Å². The second-order valence-electron chi connectivity index (χ2n) is 7.04. The van der Waals surface area contributed by atoms with Crippen LogP contribution in [0.1, 0.15) is 28.9 Å². The van der Waals surface area contributed by atoms with Gasteiger partial charge in [0.25, 0.3) is 5.91 Å². The van der Waals surface area contributed by atoms with E-state index in [1.807, 2.05) is 31.2 Å². The van der Waals surface area contributed by atoms with Crippen molar-refractivity contribution in [3.8, 4) is 5.69 Å². The standard InChI is InChI=1S/C19H23N5O4/c1-13-3-5-15(6-4-13)24-11-16(20-21-24)18(26)22(2)12-17(25)23-9-7-14(8-10-23)19(27)28/h3-6,11,14H,7-10,12H2,1-2H3,(H,27,28). The Kier molecular flexibility index (Phi) is 5.72. The Morgan fingerprint density at radius 1 is 1.18 bits per heavy atom. The number of aromatic nitrogens is 3. The quantitative estimate of drug-likeness (QED) is 0.822. The van der Waals surface area contributed by atoms with Gasteiger partial charge in [0.05, 0.1) is 24.3 Å². The van der Waals surface area contributed by atoms with Crippen LogP contribution in [-0.4, -0.2) is 74.4 Å². The molecule has 1 aromatic heterocycles. The fraction of sp³-hybridized carbons (Fsp3) is 0.421. The Labute approximate surface area is 162 Å². The molecule has 9 nitrogen and oxygen atoms in total. The van der Waals surface area contributed by atoms with E-state index in [4.69, 9.17) is 5.11 Å². The summed E-state index contributed by atoms with van der Waals surface area (Å²) in [6.45, 7) is 2.67. The number of carbonyl (C=O) groups is 3. The molecule has 1 fully saturated rings. The van der Waals surface area contributed by atoms with Crippen LogP contribution in [0, 0.1) is 12.8 Å². The predicted molar refractivity (Wildman–Crippen MR) is 100.0 cm³/mol. The maximum Gasteiger partial charge on any atom is 0.306 e. The van der Waals surface area contributed by atoms with Crippen molar-refractivity contribution < 1.29 is 19.5 Å². The van der Waals surface area contributed by atoms with Crippen LogP contribution >= 0.6 is 0 Å². The van der Waals surface area contributed by atoms with Gasteiger partial charge in [-0.05, 0) is 31.9 Å². The summed E-state index contributed by atoms with van der Waals surface area (Å²) in [5.74, 6) is -1.82. The van der Waals surface area contributed by atoms with Gasteiger partial charge in [0.2, 0.25) is 5.91 Å². The summed E-state index contributed by atoms with van der Waals surface area (Å²) in [5, 5.41) is 16.9. The zero-order valence-electron chi connectivity index (χ0n) is 15.9. The zero-order chi connectivity index (χ0) is 20.3. The number of likely N-dealkylation sites (tertiary alicyclic amines) is 1. The molecule has 3 rings (SSSR count). The van der Waals surface area contributed by atoms with Crippen LogP contribution in [0.25, 0.3) is 5.69 Å². The van der Waals surface area contributed by atoms with Gasteiger partial charge < -0.3 is 14.9 Å². The first-order valence-electron chi connectivity index (χ1n) is 9.10. The molecule has 1 aliphatic heterocycles. The van der Waals surface area contributed by atoms with Crippen molar-refractivity contribution in [3.63, 3.8) is 0 Å². The van der Waals surface area contributed by atoms with E-state index in [0.29, 0.717) is 25.9 Å². The van der Waals surface area contributed by atoms with Crippen LogP contribution in [0.5, 0.6) is 0 Å². The smallest absolute Gasteiger partial charge is 0.306 e. The van der Waals surface area contributed by atoms with Crippen LogP contribution in [-0.2, 0) is 9.59 Å². The lowest BCUT2D eigenvalue weighted by Crippen LogP contribution is -2.45. The van der Waals surface area contributed by atoms with E-state index in [-0.39, 0.29) is 18.1 Å². The number of carbonyl (C=O) groups excluding carboxylic acids is 2. The summed E-state index contributed by atoms with van der Waals surface area (Å²) >= 11 is 0. The zero-order valence-corrected chi connectivity index (χ0v) is 15.9. The molecule has 0 spiro atoms. The highest BCUT2D eigenvalue weighted by Crippen LogP contribution is 2.17. The Morgan fingerprint density at radius 2 is 1.82 bits per heavy atom. The first-order chi connectivity index (χ1) is 13.3. The molecule has 0 aliphatic carbocycles. The third-order valence-electron chi connectivity index (χ3n) is 4.93. The molecule has 1 N–H and O–H groups in total. The maximum atomic E-state index is 12.6. The Bertz CT molecular complexity index is 869. The Morgan fingerprint density at radius 3 is 2.43 bits per heavy atom. The second-order valence-corrected chi connectivity index (χ2v) is 7.04. The van der Waals surface area contributed by atoms with Gasteiger partial charge in [-0.25, -0.2) is 4.68 Å². The average molecular weight is 385 g/mol. The summed E-state index contributed by atoms with van der Waals surface area (Å²) in [6, 6.07) is 7.65. The van der Waals surface area contributed by atoms with Crippen molar-refractivity contribution in [2.45, 2.75) is 19.8 Å². The van der Waals surface area contributed by atoms with E-state index in [0.717, 1.165) is 11.3 Å². The molecule has 2 amide bonds. The van der Waals surface area contributed by atoms with Crippen molar-refractivity contribution in [2.24, 2.45) is 5.92 Å². The molecule has 2 aromatic rings. The molecule has 1 aliphatic rings. The Hall–Kier alpha value is -3.23. The maximum absolute atomic E-state index is 12.6. The highest BCUT2D eigenvalue weighted by atomic mass is 16.4. The van der Waals surface area contributed by atoms with E-state index < -0.39 is 17.8 Å². The number of nitrogens with zero attached hydrogens (tertiary/aromatic N) is 5. The monoisotopic (exact) mass is 385 g/mol. The van der Waals surface area contributed by atoms with Gasteiger partial charge in [0, 0.05) is 20.1 Å². The molecule has 9 heteroatoms. The molecule has 0 atom stereocenters. The van der Waals surface area contributed by atoms with Crippen LogP contribution in [0.3, 0.4) is 0 Å². The SMILES string of the molecule is Cc1ccc(-n2cc(C(=O)N(C)CC(=O)N3CCC(C(=O)O)CC3)nn2)cc1. The molecule has 148 valence electrons. The first-order valence-corrected chi connectivity index (χ1v) is 9.10. The topological polar surface area (TPSA) is 109 Å². The summed E-state index contributed by atoms with van der Waals surface area (Å²) in [6.07, 6.45) is 2.40. The number of benzene rings is 1. The number of carboxylic acid groups (broad SMARTS) is 1. The minimum atomic E-state index is -0.823. The molecule has 1 saturated heterocycles. The van der Waals surface area contributed by atoms with E-state index in [1.54, 1.807) is 4.90 Å². The lowest BCUT2D eigenvalue weighted by Gasteiger charge is -2.31. The second kappa shape index (κ2) is 8.20. The van der Waals surface area contributed by atoms with E-state index in [2.05, 4.69) is 10.3 Å². The van der Waals surface area contributed by atoms with Gasteiger partial charge in [-0.2, -0.15) is 0 Å². The molecular formula is C19H23N5O4. The van der Waals surface area contributed by atoms with Crippen molar-refractivity contribution in [1.29, 1.82) is 0 Å². The van der Waals surface area contributed by atoms with Crippen molar-refractivity contribution >= 4 is 17.8 Å². The van der Waals surface area contributed by atoms with E-state index in [9.17, 15) is 14.4 Å². The Balaban J connectivity index is 1.58. The lowest BCUT2D eigenvalue weighted by molar-refractivity contribution is -0.145. The average Bonchev–Trinajstić information content (AvgIpc) is 3.18. The first kappa shape index (κ1) is 19.5.